The lowest BCUT2D eigenvalue weighted by molar-refractivity contribution is 0.332. The van der Waals surface area contributed by atoms with Crippen LogP contribution in [0.2, 0.25) is 0 Å². The van der Waals surface area contributed by atoms with Crippen molar-refractivity contribution in [3.8, 4) is 11.1 Å². The van der Waals surface area contributed by atoms with Crippen LogP contribution in [0.25, 0.3) is 31.3 Å². The van der Waals surface area contributed by atoms with Crippen LogP contribution in [0.15, 0.2) is 170 Å². The maximum Gasteiger partial charge on any atom is 0.254 e. The van der Waals surface area contributed by atoms with Gasteiger partial charge in [-0.1, -0.05) is 198 Å². The molecule has 390 valence electrons. The number of thiophene rings is 1. The average molecular weight is 1040 g/mol. The number of hydrogen-bond donors (Lipinski definition) is 0. The highest BCUT2D eigenvalue weighted by Crippen LogP contribution is 2.57. The summed E-state index contributed by atoms with van der Waals surface area (Å²) in [6.45, 7) is 31.8. The summed E-state index contributed by atoms with van der Waals surface area (Å²) >= 11 is 2.04. The van der Waals surface area contributed by atoms with Crippen LogP contribution in [0.1, 0.15) is 157 Å². The Morgan fingerprint density at radius 3 is 1.51 bits per heavy atom. The van der Waals surface area contributed by atoms with Crippen LogP contribution in [0.5, 0.6) is 0 Å². The third-order valence-electron chi connectivity index (χ3n) is 20.7. The van der Waals surface area contributed by atoms with Gasteiger partial charge in [-0.25, -0.2) is 0 Å². The lowest BCUT2D eigenvalue weighted by Crippen LogP contribution is -2.62. The molecule has 0 amide bonds. The molecule has 1 aromatic heterocycles. The summed E-state index contributed by atoms with van der Waals surface area (Å²) in [5.74, 6) is 0. The maximum atomic E-state index is 2.72. The molecule has 15 rings (SSSR count). The molecule has 2 aliphatic heterocycles. The van der Waals surface area contributed by atoms with Gasteiger partial charge in [-0.2, -0.15) is 0 Å². The molecule has 3 heterocycles. The lowest BCUT2D eigenvalue weighted by atomic mass is 9.33. The van der Waals surface area contributed by atoms with E-state index >= 15 is 0 Å². The van der Waals surface area contributed by atoms with Crippen molar-refractivity contribution in [1.82, 2.24) is 0 Å². The van der Waals surface area contributed by atoms with Crippen molar-refractivity contribution in [2.24, 2.45) is 0 Å². The molecule has 0 fully saturated rings. The van der Waals surface area contributed by atoms with Gasteiger partial charge in [-0.3, -0.25) is 0 Å². The summed E-state index contributed by atoms with van der Waals surface area (Å²) in [6, 6.07) is 66.9. The highest BCUT2D eigenvalue weighted by Gasteiger charge is 2.50. The van der Waals surface area contributed by atoms with E-state index in [1.165, 1.54) is 156 Å². The zero-order valence-corrected chi connectivity index (χ0v) is 49.3. The van der Waals surface area contributed by atoms with Crippen molar-refractivity contribution >= 4 is 88.7 Å². The molecular weight excluding hydrogens is 972 g/mol. The van der Waals surface area contributed by atoms with E-state index in [0.717, 1.165) is 0 Å². The first-order valence-electron chi connectivity index (χ1n) is 29.1. The fourth-order valence-corrected chi connectivity index (χ4v) is 17.4. The van der Waals surface area contributed by atoms with Crippen LogP contribution in [0.3, 0.4) is 0 Å². The van der Waals surface area contributed by atoms with E-state index in [2.05, 4.69) is 270 Å². The van der Waals surface area contributed by atoms with Gasteiger partial charge in [0, 0.05) is 70.6 Å². The van der Waals surface area contributed by atoms with E-state index in [0.29, 0.717) is 0 Å². The van der Waals surface area contributed by atoms with E-state index in [1.54, 1.807) is 0 Å². The predicted molar refractivity (Wildman–Crippen MR) is 340 cm³/mol. The monoisotopic (exact) mass is 1040 g/mol. The molecule has 0 saturated heterocycles. The van der Waals surface area contributed by atoms with Crippen LogP contribution in [0.4, 0.5) is 34.1 Å². The van der Waals surface area contributed by atoms with Crippen molar-refractivity contribution < 1.29 is 0 Å². The highest BCUT2D eigenvalue weighted by molar-refractivity contribution is 7.28. The molecule has 0 N–H and O–H groups in total. The maximum absolute atomic E-state index is 2.72. The molecular formula is C75H71BN2S. The summed E-state index contributed by atoms with van der Waals surface area (Å²) in [6.07, 6.45) is 2.38. The first-order chi connectivity index (χ1) is 37.6. The third-order valence-corrected chi connectivity index (χ3v) is 22.0. The number of hydrogen-bond acceptors (Lipinski definition) is 3. The molecule has 79 heavy (non-hydrogen) atoms. The summed E-state index contributed by atoms with van der Waals surface area (Å²) in [4.78, 5) is 5.38. The van der Waals surface area contributed by atoms with Crippen LogP contribution in [-0.4, -0.2) is 6.71 Å². The Bertz CT molecular complexity index is 4290. The quantitative estimate of drug-likeness (QED) is 0.163. The van der Waals surface area contributed by atoms with E-state index in [9.17, 15) is 0 Å². The Kier molecular flexibility index (Phi) is 9.94. The summed E-state index contributed by atoms with van der Waals surface area (Å²) < 4.78 is 2.79. The van der Waals surface area contributed by atoms with Gasteiger partial charge >= 0.3 is 0 Å². The molecule has 0 atom stereocenters. The molecule has 0 unspecified atom stereocenters. The molecule has 9 aromatic carbocycles. The summed E-state index contributed by atoms with van der Waals surface area (Å²) in [7, 11) is 0. The van der Waals surface area contributed by atoms with Crippen molar-refractivity contribution in [3.05, 3.63) is 231 Å². The number of fused-ring (bicyclic) bond motifs is 13. The average Bonchev–Trinajstić information content (AvgIpc) is 3.72. The van der Waals surface area contributed by atoms with Crippen molar-refractivity contribution in [2.45, 2.75) is 135 Å². The topological polar surface area (TPSA) is 6.48 Å². The second-order valence-corrected chi connectivity index (χ2v) is 28.7. The van der Waals surface area contributed by atoms with Crippen molar-refractivity contribution in [3.63, 3.8) is 0 Å². The third kappa shape index (κ3) is 6.53. The zero-order valence-electron chi connectivity index (χ0n) is 48.5. The minimum Gasteiger partial charge on any atom is -0.311 e. The van der Waals surface area contributed by atoms with E-state index in [4.69, 9.17) is 0 Å². The Hall–Kier alpha value is -7.14. The van der Waals surface area contributed by atoms with Crippen LogP contribution < -0.4 is 26.2 Å². The van der Waals surface area contributed by atoms with Gasteiger partial charge < -0.3 is 9.80 Å². The smallest absolute Gasteiger partial charge is 0.254 e. The molecule has 2 nitrogen and oxygen atoms in total. The molecule has 10 aromatic rings. The van der Waals surface area contributed by atoms with Crippen LogP contribution >= 0.6 is 11.3 Å². The standard InChI is InChI=1S/C75H71BN2S/c1-44-23-17-22-30-61(44)78-62-34-32-48-49-40-55-56(71(4,5)36-35-70(55,2)3)43-66(49)79-69(48)68(62)76-60-41-58-59(75(12,13)53-29-21-20-28-52(53)74(58,10)11)42-63(60)77(64-37-46(38-65(78)67(64)76)45-24-15-14-16-25-45)47-31-33-54-57(39-47)73(8,9)51-27-19-18-26-50(51)72(54,6)7/h14-34,37-43H,35-36H2,1-13H3. The van der Waals surface area contributed by atoms with Crippen molar-refractivity contribution in [2.75, 3.05) is 9.80 Å². The zero-order chi connectivity index (χ0) is 54.7. The molecule has 0 spiro atoms. The van der Waals surface area contributed by atoms with Gasteiger partial charge in [-0.15, -0.1) is 11.3 Å². The Morgan fingerprint density at radius 1 is 0.367 bits per heavy atom. The molecule has 0 saturated carbocycles. The number of aryl methyl sites for hydroxylation is 1. The Balaban J connectivity index is 1.10. The minimum absolute atomic E-state index is 0.0723. The number of nitrogens with zero attached hydrogens (tertiary/aromatic N) is 2. The number of para-hydroxylation sites is 1. The van der Waals surface area contributed by atoms with E-state index < -0.39 is 0 Å². The predicted octanol–water partition coefficient (Wildman–Crippen LogP) is 18.4. The fraction of sp³-hybridized carbons (Fsp3) is 0.280. The molecule has 5 aliphatic rings. The van der Waals surface area contributed by atoms with Gasteiger partial charge in [0.2, 0.25) is 0 Å². The van der Waals surface area contributed by atoms with Crippen LogP contribution in [-0.2, 0) is 32.5 Å². The second kappa shape index (κ2) is 16.0. The minimum atomic E-state index is -0.253. The van der Waals surface area contributed by atoms with E-state index in [1.807, 2.05) is 11.3 Å². The van der Waals surface area contributed by atoms with Gasteiger partial charge in [0.05, 0.1) is 0 Å². The summed E-state index contributed by atoms with van der Waals surface area (Å²) in [5, 5.41) is 2.76. The summed E-state index contributed by atoms with van der Waals surface area (Å²) in [5.41, 5.74) is 28.9. The first kappa shape index (κ1) is 48.9. The molecule has 3 aliphatic carbocycles. The Morgan fingerprint density at radius 2 is 0.886 bits per heavy atom. The van der Waals surface area contributed by atoms with E-state index in [-0.39, 0.29) is 39.2 Å². The molecule has 4 heteroatoms. The fourth-order valence-electron chi connectivity index (χ4n) is 16.1. The van der Waals surface area contributed by atoms with Crippen LogP contribution in [0, 0.1) is 6.92 Å². The number of rotatable bonds is 3. The van der Waals surface area contributed by atoms with Gasteiger partial charge in [0.1, 0.15) is 0 Å². The molecule has 0 radical (unpaired) electrons. The Labute approximate surface area is 473 Å². The second-order valence-electron chi connectivity index (χ2n) is 27.6. The molecule has 0 bridgehead atoms. The van der Waals surface area contributed by atoms with Gasteiger partial charge in [-0.05, 0) is 179 Å². The number of benzene rings is 9. The number of anilines is 6. The first-order valence-corrected chi connectivity index (χ1v) is 29.9. The normalized spacial score (nSPS) is 18.6. The highest BCUT2D eigenvalue weighted by atomic mass is 32.1. The largest absolute Gasteiger partial charge is 0.311 e. The lowest BCUT2D eigenvalue weighted by Gasteiger charge is -2.48. The van der Waals surface area contributed by atoms with Crippen molar-refractivity contribution in [1.29, 1.82) is 0 Å². The van der Waals surface area contributed by atoms with Gasteiger partial charge in [0.25, 0.3) is 6.71 Å². The van der Waals surface area contributed by atoms with Gasteiger partial charge in [0.15, 0.2) is 0 Å². The SMILES string of the molecule is Cc1ccccc1N1c2cc(-c3ccccc3)cc3c2B(c2cc4c(cc2N3c2ccc3c(c2)C(C)(C)c2ccccc2C3(C)C)C(C)(C)c2ccccc2C4(C)C)c2c1ccc1c2sc2cc3c(cc21)C(C)(C)CCC3(C)C.